The van der Waals surface area contributed by atoms with Crippen LogP contribution >= 0.6 is 23.2 Å². The van der Waals surface area contributed by atoms with E-state index in [1.807, 2.05) is 59.3 Å². The molecule has 0 saturated carbocycles. The predicted octanol–water partition coefficient (Wildman–Crippen LogP) is 7.43. The number of carbonyl (C=O) groups excluding carboxylic acids is 1. The van der Waals surface area contributed by atoms with Crippen molar-refractivity contribution < 1.29 is 17.9 Å². The van der Waals surface area contributed by atoms with E-state index in [2.05, 4.69) is 0 Å². The van der Waals surface area contributed by atoms with Gasteiger partial charge in [0.25, 0.3) is 0 Å². The molecule has 0 radical (unpaired) electrons. The molecule has 5 rings (SSSR count). The maximum absolute atomic E-state index is 12.0. The van der Waals surface area contributed by atoms with E-state index in [0.717, 1.165) is 33.6 Å². The molecule has 1 heterocycles. The van der Waals surface area contributed by atoms with Gasteiger partial charge in [0.2, 0.25) is 0 Å². The average molecular weight is 592 g/mol. The van der Waals surface area contributed by atoms with Crippen LogP contribution in [0.1, 0.15) is 15.9 Å². The number of ether oxygens (including phenoxy) is 1. The Morgan fingerprint density at radius 1 is 0.875 bits per heavy atom. The lowest BCUT2D eigenvalue weighted by atomic mass is 10.0. The van der Waals surface area contributed by atoms with Gasteiger partial charge in [0.15, 0.2) is 9.84 Å². The lowest BCUT2D eigenvalue weighted by Crippen LogP contribution is -2.03. The fourth-order valence-electron chi connectivity index (χ4n) is 4.37. The zero-order valence-corrected chi connectivity index (χ0v) is 24.0. The van der Waals surface area contributed by atoms with Gasteiger partial charge in [-0.25, -0.2) is 18.2 Å². The molecule has 40 heavy (non-hydrogen) atoms. The van der Waals surface area contributed by atoms with Crippen molar-refractivity contribution in [1.82, 2.24) is 9.55 Å². The maximum Gasteiger partial charge on any atom is 0.337 e. The molecule has 0 N–H and O–H groups in total. The van der Waals surface area contributed by atoms with Crippen LogP contribution in [0.3, 0.4) is 0 Å². The first-order chi connectivity index (χ1) is 19.1. The first-order valence-electron chi connectivity index (χ1n) is 12.2. The Kier molecular flexibility index (Phi) is 7.81. The van der Waals surface area contributed by atoms with Gasteiger partial charge in [-0.3, -0.25) is 0 Å². The maximum atomic E-state index is 12.0. The summed E-state index contributed by atoms with van der Waals surface area (Å²) in [4.78, 5) is 17.0. The predicted molar refractivity (Wildman–Crippen MR) is 159 cm³/mol. The van der Waals surface area contributed by atoms with Gasteiger partial charge >= 0.3 is 5.97 Å². The van der Waals surface area contributed by atoms with Crippen LogP contribution in [0.4, 0.5) is 0 Å². The fraction of sp³-hybridized carbons (Fsp3) is 0.0968. The van der Waals surface area contributed by atoms with Crippen LogP contribution in [0.2, 0.25) is 10.0 Å². The van der Waals surface area contributed by atoms with Gasteiger partial charge < -0.3 is 9.30 Å². The number of hydrogen-bond acceptors (Lipinski definition) is 5. The molecule has 5 aromatic rings. The zero-order valence-electron chi connectivity index (χ0n) is 21.6. The van der Waals surface area contributed by atoms with Crippen LogP contribution in [0.25, 0.3) is 33.8 Å². The Balaban J connectivity index is 1.53. The largest absolute Gasteiger partial charge is 0.465 e. The molecule has 0 amide bonds. The van der Waals surface area contributed by atoms with Crippen molar-refractivity contribution in [3.05, 3.63) is 118 Å². The number of imidazole rings is 1. The molecule has 0 saturated heterocycles. The van der Waals surface area contributed by atoms with Crippen LogP contribution in [0.15, 0.2) is 102 Å². The van der Waals surface area contributed by atoms with Crippen LogP contribution < -0.4 is 0 Å². The Morgan fingerprint density at radius 2 is 1.57 bits per heavy atom. The van der Waals surface area contributed by atoms with Crippen LogP contribution in [0.5, 0.6) is 0 Å². The molecule has 0 aliphatic rings. The molecule has 0 bridgehead atoms. The van der Waals surface area contributed by atoms with Gasteiger partial charge in [-0.1, -0.05) is 71.7 Å². The van der Waals surface area contributed by atoms with E-state index in [9.17, 15) is 13.2 Å². The van der Waals surface area contributed by atoms with E-state index in [4.69, 9.17) is 32.9 Å². The van der Waals surface area contributed by atoms with E-state index in [0.29, 0.717) is 27.8 Å². The minimum Gasteiger partial charge on any atom is -0.465 e. The molecule has 202 valence electrons. The van der Waals surface area contributed by atoms with Crippen molar-refractivity contribution in [1.29, 1.82) is 0 Å². The Hall–Kier alpha value is -3.91. The second kappa shape index (κ2) is 11.3. The van der Waals surface area contributed by atoms with Gasteiger partial charge in [-0.15, -0.1) is 0 Å². The van der Waals surface area contributed by atoms with Gasteiger partial charge in [-0.2, -0.15) is 0 Å². The van der Waals surface area contributed by atoms with E-state index < -0.39 is 15.8 Å². The molecule has 0 aliphatic heterocycles. The normalized spacial score (nSPS) is 11.4. The van der Waals surface area contributed by atoms with Crippen molar-refractivity contribution in [3.63, 3.8) is 0 Å². The number of esters is 1. The van der Waals surface area contributed by atoms with Gasteiger partial charge in [0.05, 0.1) is 28.3 Å². The van der Waals surface area contributed by atoms with E-state index in [1.54, 1.807) is 42.5 Å². The van der Waals surface area contributed by atoms with Gasteiger partial charge in [0.1, 0.15) is 5.82 Å². The van der Waals surface area contributed by atoms with E-state index in [-0.39, 0.29) is 4.90 Å². The molecule has 0 spiro atoms. The third-order valence-electron chi connectivity index (χ3n) is 6.45. The second-order valence-electron chi connectivity index (χ2n) is 9.27. The number of halogens is 2. The Bertz CT molecular complexity index is 1810. The number of methoxy groups -OCH3 is 1. The van der Waals surface area contributed by atoms with E-state index >= 15 is 0 Å². The lowest BCUT2D eigenvalue weighted by Gasteiger charge is -2.10. The summed E-state index contributed by atoms with van der Waals surface area (Å²) in [6.07, 6.45) is 3.13. The molecule has 0 atom stereocenters. The summed E-state index contributed by atoms with van der Waals surface area (Å²) in [5, 5.41) is 1.03. The lowest BCUT2D eigenvalue weighted by molar-refractivity contribution is 0.0600. The number of benzene rings is 4. The molecule has 6 nitrogen and oxygen atoms in total. The zero-order chi connectivity index (χ0) is 28.4. The summed E-state index contributed by atoms with van der Waals surface area (Å²) in [5.41, 5.74) is 5.43. The molecule has 0 unspecified atom stereocenters. The highest BCUT2D eigenvalue weighted by Gasteiger charge is 2.16. The number of nitrogens with zero attached hydrogens (tertiary/aromatic N) is 2. The van der Waals surface area contributed by atoms with Crippen LogP contribution in [-0.2, 0) is 21.1 Å². The minimum atomic E-state index is -3.32. The van der Waals surface area contributed by atoms with Crippen LogP contribution in [-0.4, -0.2) is 37.3 Å². The van der Waals surface area contributed by atoms with Crippen LogP contribution in [0, 0.1) is 0 Å². The summed E-state index contributed by atoms with van der Waals surface area (Å²) in [6.45, 7) is 0.493. The van der Waals surface area contributed by atoms with Crippen molar-refractivity contribution in [2.75, 3.05) is 13.4 Å². The summed E-state index contributed by atoms with van der Waals surface area (Å²) < 4.78 is 30.9. The first kappa shape index (κ1) is 27.6. The van der Waals surface area contributed by atoms with Crippen molar-refractivity contribution in [2.45, 2.75) is 11.4 Å². The molecule has 4 aromatic carbocycles. The standard InChI is InChI=1S/C31H24Cl2N2O4S/c1-39-31(36)23-8-6-20(7-9-23)18-35-19-29(27-15-14-25(32)17-28(27)33)34-30(35)22-12-10-21(11-13-22)24-4-3-5-26(16-24)40(2,37)38/h3-17,19H,18H2,1-2H3. The van der Waals surface area contributed by atoms with Crippen molar-refractivity contribution >= 4 is 39.0 Å². The third-order valence-corrected chi connectivity index (χ3v) is 8.11. The van der Waals surface area contributed by atoms with Crippen molar-refractivity contribution in [2.24, 2.45) is 0 Å². The number of aromatic nitrogens is 2. The average Bonchev–Trinajstić information content (AvgIpc) is 3.36. The minimum absolute atomic E-state index is 0.271. The highest BCUT2D eigenvalue weighted by molar-refractivity contribution is 7.90. The first-order valence-corrected chi connectivity index (χ1v) is 14.9. The Labute approximate surface area is 242 Å². The second-order valence-corrected chi connectivity index (χ2v) is 12.1. The molecular formula is C31H24Cl2N2O4S. The number of hydrogen-bond donors (Lipinski definition) is 0. The molecule has 0 aliphatic carbocycles. The Morgan fingerprint density at radius 3 is 2.23 bits per heavy atom. The quantitative estimate of drug-likeness (QED) is 0.184. The number of sulfone groups is 1. The summed E-state index contributed by atoms with van der Waals surface area (Å²) in [5.74, 6) is 0.325. The number of rotatable bonds is 7. The molecule has 1 aromatic heterocycles. The monoisotopic (exact) mass is 590 g/mol. The van der Waals surface area contributed by atoms with Gasteiger partial charge in [-0.05, 0) is 59.2 Å². The smallest absolute Gasteiger partial charge is 0.337 e. The summed E-state index contributed by atoms with van der Waals surface area (Å²) in [6, 6.07) is 27.2. The molecular weight excluding hydrogens is 567 g/mol. The summed E-state index contributed by atoms with van der Waals surface area (Å²) >= 11 is 12.6. The van der Waals surface area contributed by atoms with Crippen molar-refractivity contribution in [3.8, 4) is 33.8 Å². The summed E-state index contributed by atoms with van der Waals surface area (Å²) in [7, 11) is -1.96. The highest BCUT2D eigenvalue weighted by atomic mass is 35.5. The van der Waals surface area contributed by atoms with E-state index in [1.165, 1.54) is 13.4 Å². The third kappa shape index (κ3) is 5.97. The molecule has 0 fully saturated rings. The fourth-order valence-corrected chi connectivity index (χ4v) is 5.54. The highest BCUT2D eigenvalue weighted by Crippen LogP contribution is 2.33. The topological polar surface area (TPSA) is 78.3 Å². The van der Waals surface area contributed by atoms with Gasteiger partial charge in [0, 0.05) is 35.1 Å². The molecule has 9 heteroatoms. The SMILES string of the molecule is COC(=O)c1ccc(Cn2cc(-c3ccc(Cl)cc3Cl)nc2-c2ccc(-c3cccc(S(C)(=O)=O)c3)cc2)cc1. The number of carbonyl (C=O) groups is 1.